The Bertz CT molecular complexity index is 601. The number of nitrogens with zero attached hydrogens (tertiary/aromatic N) is 1. The summed E-state index contributed by atoms with van der Waals surface area (Å²) in [6.07, 6.45) is 0.810. The van der Waals surface area contributed by atoms with Gasteiger partial charge in [-0.2, -0.15) is 0 Å². The van der Waals surface area contributed by atoms with Crippen LogP contribution in [-0.4, -0.2) is 33.7 Å². The zero-order valence-corrected chi connectivity index (χ0v) is 12.2. The van der Waals surface area contributed by atoms with Crippen LogP contribution >= 0.6 is 0 Å². The van der Waals surface area contributed by atoms with Crippen molar-refractivity contribution in [1.82, 2.24) is 5.32 Å². The first-order valence-electron chi connectivity index (χ1n) is 6.48. The molecule has 0 fully saturated rings. The summed E-state index contributed by atoms with van der Waals surface area (Å²) in [4.78, 5) is 13.6. The Balaban J connectivity index is 2.02. The summed E-state index contributed by atoms with van der Waals surface area (Å²) < 4.78 is 21.7. The van der Waals surface area contributed by atoms with Crippen molar-refractivity contribution in [2.24, 2.45) is 5.14 Å². The Labute approximate surface area is 119 Å². The fourth-order valence-corrected chi connectivity index (χ4v) is 2.92. The highest BCUT2D eigenvalue weighted by Gasteiger charge is 2.28. The van der Waals surface area contributed by atoms with Gasteiger partial charge in [-0.1, -0.05) is 18.2 Å². The van der Waals surface area contributed by atoms with Crippen LogP contribution in [0.15, 0.2) is 24.3 Å². The number of sulfonamides is 1. The fraction of sp³-hybridized carbons (Fsp3) is 0.462. The molecular weight excluding hydrogens is 278 g/mol. The number of anilines is 1. The van der Waals surface area contributed by atoms with Crippen molar-refractivity contribution in [1.29, 1.82) is 0 Å². The minimum atomic E-state index is -3.42. The highest BCUT2D eigenvalue weighted by atomic mass is 32.2. The number of hydrogen-bond donors (Lipinski definition) is 2. The topological polar surface area (TPSA) is 92.5 Å². The Kier molecular flexibility index (Phi) is 4.42. The van der Waals surface area contributed by atoms with E-state index in [2.05, 4.69) is 5.32 Å². The molecule has 0 spiro atoms. The van der Waals surface area contributed by atoms with Crippen molar-refractivity contribution in [3.63, 3.8) is 0 Å². The van der Waals surface area contributed by atoms with E-state index in [9.17, 15) is 13.2 Å². The molecule has 0 saturated heterocycles. The minimum absolute atomic E-state index is 0.0487. The molecule has 0 aromatic heterocycles. The third-order valence-electron chi connectivity index (χ3n) is 3.42. The van der Waals surface area contributed by atoms with Gasteiger partial charge in [0.05, 0.1) is 5.75 Å². The SMILES string of the molecule is CN1C(=O)CC(NCCCS(N)(=O)=O)c2ccccc21. The Morgan fingerprint density at radius 3 is 2.80 bits per heavy atom. The van der Waals surface area contributed by atoms with Crippen LogP contribution in [0, 0.1) is 0 Å². The predicted octanol–water partition coefficient (Wildman–Crippen LogP) is 0.362. The maximum absolute atomic E-state index is 11.9. The van der Waals surface area contributed by atoms with Crippen LogP contribution in [0.4, 0.5) is 5.69 Å². The monoisotopic (exact) mass is 297 g/mol. The maximum Gasteiger partial charge on any atom is 0.228 e. The third kappa shape index (κ3) is 3.56. The van der Waals surface area contributed by atoms with Gasteiger partial charge in [-0.25, -0.2) is 13.6 Å². The molecule has 0 bridgehead atoms. The number of carbonyl (C=O) groups is 1. The zero-order chi connectivity index (χ0) is 14.8. The normalized spacial score (nSPS) is 19.0. The predicted molar refractivity (Wildman–Crippen MR) is 77.8 cm³/mol. The van der Waals surface area contributed by atoms with Crippen LogP contribution in [0.2, 0.25) is 0 Å². The van der Waals surface area contributed by atoms with E-state index in [1.54, 1.807) is 11.9 Å². The van der Waals surface area contributed by atoms with Crippen LogP contribution in [0.25, 0.3) is 0 Å². The van der Waals surface area contributed by atoms with Crippen molar-refractivity contribution in [3.05, 3.63) is 29.8 Å². The molecule has 1 aliphatic heterocycles. The number of hydrogen-bond acceptors (Lipinski definition) is 4. The largest absolute Gasteiger partial charge is 0.315 e. The van der Waals surface area contributed by atoms with E-state index < -0.39 is 10.0 Å². The number of fused-ring (bicyclic) bond motifs is 1. The van der Waals surface area contributed by atoms with Crippen molar-refractivity contribution in [3.8, 4) is 0 Å². The smallest absolute Gasteiger partial charge is 0.228 e. The molecule has 20 heavy (non-hydrogen) atoms. The average molecular weight is 297 g/mol. The van der Waals surface area contributed by atoms with Crippen molar-refractivity contribution >= 4 is 21.6 Å². The Morgan fingerprint density at radius 2 is 2.10 bits per heavy atom. The van der Waals surface area contributed by atoms with Gasteiger partial charge in [0.15, 0.2) is 0 Å². The van der Waals surface area contributed by atoms with Crippen molar-refractivity contribution in [2.45, 2.75) is 18.9 Å². The van der Waals surface area contributed by atoms with E-state index in [1.807, 2.05) is 24.3 Å². The first-order valence-corrected chi connectivity index (χ1v) is 8.19. The van der Waals surface area contributed by atoms with Gasteiger partial charge in [0.2, 0.25) is 15.9 Å². The maximum atomic E-state index is 11.9. The van der Waals surface area contributed by atoms with Crippen LogP contribution in [0.1, 0.15) is 24.4 Å². The molecular formula is C13H19N3O3S. The van der Waals surface area contributed by atoms with Gasteiger partial charge >= 0.3 is 0 Å². The molecule has 1 aromatic rings. The van der Waals surface area contributed by atoms with E-state index >= 15 is 0 Å². The number of para-hydroxylation sites is 1. The number of rotatable bonds is 5. The highest BCUT2D eigenvalue weighted by molar-refractivity contribution is 7.89. The first-order chi connectivity index (χ1) is 9.38. The highest BCUT2D eigenvalue weighted by Crippen LogP contribution is 2.33. The number of primary sulfonamides is 1. The lowest BCUT2D eigenvalue weighted by atomic mass is 9.96. The quantitative estimate of drug-likeness (QED) is 0.768. The van der Waals surface area contributed by atoms with Crippen LogP contribution in [-0.2, 0) is 14.8 Å². The van der Waals surface area contributed by atoms with Crippen LogP contribution in [0.3, 0.4) is 0 Å². The molecule has 110 valence electrons. The lowest BCUT2D eigenvalue weighted by molar-refractivity contribution is -0.119. The summed E-state index contributed by atoms with van der Waals surface area (Å²) >= 11 is 0. The molecule has 0 saturated carbocycles. The molecule has 6 nitrogen and oxygen atoms in total. The van der Waals surface area contributed by atoms with E-state index in [1.165, 1.54) is 0 Å². The molecule has 1 amide bonds. The van der Waals surface area contributed by atoms with Crippen LogP contribution in [0.5, 0.6) is 0 Å². The molecule has 0 aliphatic carbocycles. The summed E-state index contributed by atoms with van der Waals surface area (Å²) in [5.41, 5.74) is 1.96. The molecule has 3 N–H and O–H groups in total. The second kappa shape index (κ2) is 5.90. The second-order valence-electron chi connectivity index (χ2n) is 4.94. The van der Waals surface area contributed by atoms with Crippen LogP contribution < -0.4 is 15.4 Å². The number of nitrogens with one attached hydrogen (secondary N) is 1. The third-order valence-corrected chi connectivity index (χ3v) is 4.28. The Morgan fingerprint density at radius 1 is 1.40 bits per heavy atom. The van der Waals surface area contributed by atoms with Gasteiger partial charge in [0.25, 0.3) is 0 Å². The molecule has 1 aromatic carbocycles. The fourth-order valence-electron chi connectivity index (χ4n) is 2.38. The van der Waals surface area contributed by atoms with E-state index in [0.29, 0.717) is 19.4 Å². The molecule has 1 unspecified atom stereocenters. The minimum Gasteiger partial charge on any atom is -0.315 e. The molecule has 2 rings (SSSR count). The van der Waals surface area contributed by atoms with E-state index in [4.69, 9.17) is 5.14 Å². The summed E-state index contributed by atoms with van der Waals surface area (Å²) in [5, 5.41) is 8.19. The van der Waals surface area contributed by atoms with Gasteiger partial charge in [-0.05, 0) is 24.6 Å². The number of benzene rings is 1. The second-order valence-corrected chi connectivity index (χ2v) is 6.68. The van der Waals surface area contributed by atoms with Crippen molar-refractivity contribution < 1.29 is 13.2 Å². The van der Waals surface area contributed by atoms with Gasteiger partial charge in [0, 0.05) is 25.2 Å². The summed E-state index contributed by atoms with van der Waals surface area (Å²) in [5.74, 6) is -0.00461. The number of amides is 1. The molecule has 1 heterocycles. The summed E-state index contributed by atoms with van der Waals surface area (Å²) in [7, 11) is -1.66. The lowest BCUT2D eigenvalue weighted by Crippen LogP contribution is -2.38. The number of carbonyl (C=O) groups excluding carboxylic acids is 1. The Hall–Kier alpha value is -1.44. The van der Waals surface area contributed by atoms with Gasteiger partial charge < -0.3 is 10.2 Å². The molecule has 7 heteroatoms. The average Bonchev–Trinajstić information content (AvgIpc) is 2.39. The van der Waals surface area contributed by atoms with E-state index in [-0.39, 0.29) is 17.7 Å². The van der Waals surface area contributed by atoms with Gasteiger partial charge in [-0.15, -0.1) is 0 Å². The lowest BCUT2D eigenvalue weighted by Gasteiger charge is -2.32. The van der Waals surface area contributed by atoms with Gasteiger partial charge in [-0.3, -0.25) is 4.79 Å². The van der Waals surface area contributed by atoms with E-state index in [0.717, 1.165) is 11.3 Å². The van der Waals surface area contributed by atoms with Gasteiger partial charge in [0.1, 0.15) is 0 Å². The zero-order valence-electron chi connectivity index (χ0n) is 11.4. The number of nitrogens with two attached hydrogens (primary N) is 1. The molecule has 0 radical (unpaired) electrons. The molecule has 1 atom stereocenters. The van der Waals surface area contributed by atoms with Crippen molar-refractivity contribution in [2.75, 3.05) is 24.2 Å². The first kappa shape index (κ1) is 15.0. The summed E-state index contributed by atoms with van der Waals surface area (Å²) in [6, 6.07) is 7.64. The summed E-state index contributed by atoms with van der Waals surface area (Å²) in [6.45, 7) is 0.506. The molecule has 1 aliphatic rings. The standard InChI is InChI=1S/C13H19N3O3S/c1-16-12-6-3-2-5-10(12)11(9-13(16)17)15-7-4-8-20(14,18)19/h2-3,5-6,11,15H,4,7-9H2,1H3,(H2,14,18,19).